The number of rotatable bonds is 4. The van der Waals surface area contributed by atoms with E-state index in [2.05, 4.69) is 10.3 Å². The summed E-state index contributed by atoms with van der Waals surface area (Å²) < 4.78 is 5.11. The molecule has 0 saturated carbocycles. The molecule has 0 aliphatic heterocycles. The number of methoxy groups -OCH3 is 1. The summed E-state index contributed by atoms with van der Waals surface area (Å²) >= 11 is 0. The summed E-state index contributed by atoms with van der Waals surface area (Å²) in [6.07, 6.45) is 3.40. The molecule has 104 valence electrons. The third kappa shape index (κ3) is 3.06. The van der Waals surface area contributed by atoms with Crippen LogP contribution in [0.25, 0.3) is 0 Å². The van der Waals surface area contributed by atoms with Gasteiger partial charge in [-0.3, -0.25) is 9.78 Å². The lowest BCUT2D eigenvalue weighted by Crippen LogP contribution is -2.26. The number of ether oxygens (including phenoxy) is 1. The van der Waals surface area contributed by atoms with E-state index in [1.165, 1.54) is 7.11 Å². The zero-order chi connectivity index (χ0) is 14.5. The van der Waals surface area contributed by atoms with Crippen LogP contribution in [0.4, 0.5) is 5.69 Å². The molecule has 0 radical (unpaired) electrons. The minimum absolute atomic E-state index is 0.103. The van der Waals surface area contributed by atoms with Gasteiger partial charge in [0.2, 0.25) is 0 Å². The van der Waals surface area contributed by atoms with Gasteiger partial charge in [0, 0.05) is 18.0 Å². The second-order valence-corrected chi connectivity index (χ2v) is 4.43. The van der Waals surface area contributed by atoms with E-state index >= 15 is 0 Å². The van der Waals surface area contributed by atoms with Crippen LogP contribution >= 0.6 is 0 Å². The minimum Gasteiger partial charge on any atom is -0.495 e. The number of anilines is 1. The molecule has 20 heavy (non-hydrogen) atoms. The number of aromatic nitrogens is 1. The van der Waals surface area contributed by atoms with E-state index in [1.54, 1.807) is 30.6 Å². The molecular weight excluding hydrogens is 254 g/mol. The van der Waals surface area contributed by atoms with E-state index in [0.717, 1.165) is 5.56 Å². The molecule has 1 aromatic heterocycles. The first-order valence-electron chi connectivity index (χ1n) is 6.26. The van der Waals surface area contributed by atoms with Gasteiger partial charge in [0.1, 0.15) is 5.75 Å². The second-order valence-electron chi connectivity index (χ2n) is 4.43. The number of nitrogen functional groups attached to an aromatic ring is 1. The molecular formula is C15H17N3O2. The number of pyridine rings is 1. The molecule has 0 aliphatic rings. The van der Waals surface area contributed by atoms with Gasteiger partial charge in [-0.1, -0.05) is 0 Å². The molecule has 5 heteroatoms. The van der Waals surface area contributed by atoms with Crippen molar-refractivity contribution in [1.29, 1.82) is 0 Å². The maximum atomic E-state index is 12.2. The molecule has 0 bridgehead atoms. The topological polar surface area (TPSA) is 77.2 Å². The number of hydrogen-bond donors (Lipinski definition) is 2. The van der Waals surface area contributed by atoms with E-state index in [0.29, 0.717) is 17.0 Å². The zero-order valence-electron chi connectivity index (χ0n) is 11.5. The first-order valence-corrected chi connectivity index (χ1v) is 6.26. The van der Waals surface area contributed by atoms with Crippen molar-refractivity contribution in [1.82, 2.24) is 10.3 Å². The SMILES string of the molecule is COc1cc(C(=O)NC(C)c2ccncc2)ccc1N. The van der Waals surface area contributed by atoms with E-state index in [4.69, 9.17) is 10.5 Å². The van der Waals surface area contributed by atoms with Crippen molar-refractivity contribution in [2.24, 2.45) is 0 Å². The van der Waals surface area contributed by atoms with Gasteiger partial charge in [-0.25, -0.2) is 0 Å². The number of benzene rings is 1. The van der Waals surface area contributed by atoms with Gasteiger partial charge < -0.3 is 15.8 Å². The molecule has 1 aromatic carbocycles. The summed E-state index contributed by atoms with van der Waals surface area (Å²) in [5.41, 5.74) is 7.74. The molecule has 2 rings (SSSR count). The number of nitrogens with one attached hydrogen (secondary N) is 1. The van der Waals surface area contributed by atoms with Crippen LogP contribution in [-0.4, -0.2) is 18.0 Å². The molecule has 3 N–H and O–H groups in total. The van der Waals surface area contributed by atoms with Crippen LogP contribution in [0.2, 0.25) is 0 Å². The number of nitrogens with two attached hydrogens (primary N) is 1. The Morgan fingerprint density at radius 3 is 2.65 bits per heavy atom. The van der Waals surface area contributed by atoms with Crippen LogP contribution in [0.5, 0.6) is 5.75 Å². The minimum atomic E-state index is -0.174. The van der Waals surface area contributed by atoms with Gasteiger partial charge in [-0.05, 0) is 42.8 Å². The molecule has 0 saturated heterocycles. The molecule has 0 aliphatic carbocycles. The van der Waals surface area contributed by atoms with Crippen LogP contribution in [0.15, 0.2) is 42.7 Å². The number of carbonyl (C=O) groups is 1. The van der Waals surface area contributed by atoms with Gasteiger partial charge in [-0.15, -0.1) is 0 Å². The van der Waals surface area contributed by atoms with Gasteiger partial charge >= 0.3 is 0 Å². The van der Waals surface area contributed by atoms with Crippen molar-refractivity contribution >= 4 is 11.6 Å². The highest BCUT2D eigenvalue weighted by Gasteiger charge is 2.12. The Balaban J connectivity index is 2.12. The lowest BCUT2D eigenvalue weighted by molar-refractivity contribution is 0.0939. The zero-order valence-corrected chi connectivity index (χ0v) is 11.5. The maximum Gasteiger partial charge on any atom is 0.251 e. The average Bonchev–Trinajstić information content (AvgIpc) is 2.48. The Kier molecular flexibility index (Phi) is 4.20. The standard InChI is InChI=1S/C15H17N3O2/c1-10(11-5-7-17-8-6-11)18-15(19)12-3-4-13(16)14(9-12)20-2/h3-10H,16H2,1-2H3,(H,18,19). The highest BCUT2D eigenvalue weighted by molar-refractivity contribution is 5.95. The highest BCUT2D eigenvalue weighted by atomic mass is 16.5. The van der Waals surface area contributed by atoms with Crippen molar-refractivity contribution in [3.05, 3.63) is 53.9 Å². The monoisotopic (exact) mass is 271 g/mol. The van der Waals surface area contributed by atoms with Crippen LogP contribution in [0.1, 0.15) is 28.9 Å². The third-order valence-electron chi connectivity index (χ3n) is 3.05. The Morgan fingerprint density at radius 1 is 1.30 bits per heavy atom. The fourth-order valence-corrected chi connectivity index (χ4v) is 1.87. The normalized spacial score (nSPS) is 11.7. The lowest BCUT2D eigenvalue weighted by Gasteiger charge is -2.14. The van der Waals surface area contributed by atoms with Crippen molar-refractivity contribution in [2.75, 3.05) is 12.8 Å². The van der Waals surface area contributed by atoms with E-state index in [1.807, 2.05) is 19.1 Å². The lowest BCUT2D eigenvalue weighted by atomic mass is 10.1. The number of amides is 1. The molecule has 1 amide bonds. The Hall–Kier alpha value is -2.56. The van der Waals surface area contributed by atoms with Crippen molar-refractivity contribution in [2.45, 2.75) is 13.0 Å². The highest BCUT2D eigenvalue weighted by Crippen LogP contribution is 2.22. The van der Waals surface area contributed by atoms with Crippen LogP contribution in [0, 0.1) is 0 Å². The molecule has 2 aromatic rings. The van der Waals surface area contributed by atoms with E-state index < -0.39 is 0 Å². The maximum absolute atomic E-state index is 12.2. The predicted octanol–water partition coefficient (Wildman–Crippen LogP) is 2.16. The summed E-state index contributed by atoms with van der Waals surface area (Å²) in [5.74, 6) is 0.321. The van der Waals surface area contributed by atoms with Crippen LogP contribution < -0.4 is 15.8 Å². The molecule has 0 spiro atoms. The van der Waals surface area contributed by atoms with E-state index in [-0.39, 0.29) is 11.9 Å². The molecule has 5 nitrogen and oxygen atoms in total. The smallest absolute Gasteiger partial charge is 0.251 e. The molecule has 0 fully saturated rings. The first-order chi connectivity index (χ1) is 9.61. The van der Waals surface area contributed by atoms with Gasteiger partial charge in [0.15, 0.2) is 0 Å². The Bertz CT molecular complexity index is 599. The largest absolute Gasteiger partial charge is 0.495 e. The average molecular weight is 271 g/mol. The molecule has 1 heterocycles. The van der Waals surface area contributed by atoms with Crippen molar-refractivity contribution in [3.8, 4) is 5.75 Å². The predicted molar refractivity (Wildman–Crippen MR) is 77.5 cm³/mol. The number of nitrogens with zero attached hydrogens (tertiary/aromatic N) is 1. The van der Waals surface area contributed by atoms with Crippen LogP contribution in [-0.2, 0) is 0 Å². The second kappa shape index (κ2) is 6.06. The van der Waals surface area contributed by atoms with Crippen molar-refractivity contribution < 1.29 is 9.53 Å². The summed E-state index contributed by atoms with van der Waals surface area (Å²) in [4.78, 5) is 16.1. The van der Waals surface area contributed by atoms with Crippen molar-refractivity contribution in [3.63, 3.8) is 0 Å². The fourth-order valence-electron chi connectivity index (χ4n) is 1.87. The third-order valence-corrected chi connectivity index (χ3v) is 3.05. The fraction of sp³-hybridized carbons (Fsp3) is 0.200. The summed E-state index contributed by atoms with van der Waals surface area (Å²) in [7, 11) is 1.52. The summed E-state index contributed by atoms with van der Waals surface area (Å²) in [5, 5.41) is 2.92. The van der Waals surface area contributed by atoms with Gasteiger partial charge in [-0.2, -0.15) is 0 Å². The quantitative estimate of drug-likeness (QED) is 0.835. The number of hydrogen-bond acceptors (Lipinski definition) is 4. The van der Waals surface area contributed by atoms with E-state index in [9.17, 15) is 4.79 Å². The first kappa shape index (κ1) is 13.9. The molecule has 1 atom stereocenters. The summed E-state index contributed by atoms with van der Waals surface area (Å²) in [6, 6.07) is 8.60. The number of carbonyl (C=O) groups excluding carboxylic acids is 1. The molecule has 1 unspecified atom stereocenters. The van der Waals surface area contributed by atoms with Gasteiger partial charge in [0.05, 0.1) is 18.8 Å². The Labute approximate surface area is 117 Å². The Morgan fingerprint density at radius 2 is 2.00 bits per heavy atom. The summed E-state index contributed by atoms with van der Waals surface area (Å²) in [6.45, 7) is 1.92. The van der Waals surface area contributed by atoms with Crippen LogP contribution in [0.3, 0.4) is 0 Å². The van der Waals surface area contributed by atoms with Gasteiger partial charge in [0.25, 0.3) is 5.91 Å².